The lowest BCUT2D eigenvalue weighted by Gasteiger charge is -2.18. The molecule has 2 aromatic rings. The molecular formula is C21H24FNO7. The number of ether oxygens (including phenoxy) is 3. The van der Waals surface area contributed by atoms with E-state index in [1.165, 1.54) is 43.5 Å². The highest BCUT2D eigenvalue weighted by Gasteiger charge is 2.23. The fourth-order valence-corrected chi connectivity index (χ4v) is 2.52. The summed E-state index contributed by atoms with van der Waals surface area (Å²) >= 11 is 0. The summed E-state index contributed by atoms with van der Waals surface area (Å²) in [4.78, 5) is 35.8. The number of hydrogen-bond acceptors (Lipinski definition) is 7. The zero-order valence-corrected chi connectivity index (χ0v) is 17.0. The minimum absolute atomic E-state index is 0.0232. The second kappa shape index (κ2) is 11.0. The van der Waals surface area contributed by atoms with E-state index in [1.54, 1.807) is 0 Å². The molecule has 1 heterocycles. The fraction of sp³-hybridized carbons (Fsp3) is 0.381. The Bertz CT molecular complexity index is 860. The lowest BCUT2D eigenvalue weighted by atomic mass is 10.0. The smallest absolute Gasteiger partial charge is 0.374 e. The Balaban J connectivity index is 1.82. The van der Waals surface area contributed by atoms with Crippen molar-refractivity contribution in [3.63, 3.8) is 0 Å². The Morgan fingerprint density at radius 2 is 1.80 bits per heavy atom. The van der Waals surface area contributed by atoms with Crippen LogP contribution >= 0.6 is 0 Å². The van der Waals surface area contributed by atoms with Crippen LogP contribution in [0.2, 0.25) is 0 Å². The Morgan fingerprint density at radius 3 is 2.43 bits per heavy atom. The number of carbonyl (C=O) groups excluding carboxylic acids is 3. The number of hydrogen-bond donors (Lipinski definition) is 1. The maximum absolute atomic E-state index is 12.9. The molecule has 0 radical (unpaired) electrons. The van der Waals surface area contributed by atoms with Crippen molar-refractivity contribution in [3.05, 3.63) is 53.7 Å². The molecule has 1 amide bonds. The molecule has 2 rings (SSSR count). The summed E-state index contributed by atoms with van der Waals surface area (Å²) in [5.74, 6) is -1.59. The van der Waals surface area contributed by atoms with Crippen LogP contribution in [0.15, 0.2) is 40.8 Å². The van der Waals surface area contributed by atoms with E-state index >= 15 is 0 Å². The van der Waals surface area contributed by atoms with Gasteiger partial charge in [-0.25, -0.2) is 14.0 Å². The number of amides is 1. The van der Waals surface area contributed by atoms with Gasteiger partial charge in [-0.2, -0.15) is 0 Å². The molecular weight excluding hydrogens is 397 g/mol. The standard InChI is InChI=1S/C21H24FNO7/c1-13(2)10-17(20(25)27-3)23-19(24)12-29-21(26)18-9-8-16(30-18)11-28-15-6-4-14(22)5-7-15/h4-9,13,17H,10-12H2,1-3H3,(H,23,24). The molecule has 0 saturated heterocycles. The topological polar surface area (TPSA) is 104 Å². The highest BCUT2D eigenvalue weighted by atomic mass is 19.1. The lowest BCUT2D eigenvalue weighted by molar-refractivity contribution is -0.145. The number of carbonyl (C=O) groups is 3. The van der Waals surface area contributed by atoms with Crippen molar-refractivity contribution in [2.75, 3.05) is 13.7 Å². The average Bonchev–Trinajstić information content (AvgIpc) is 3.19. The van der Waals surface area contributed by atoms with Crippen LogP contribution in [0.25, 0.3) is 0 Å². The largest absolute Gasteiger partial charge is 0.486 e. The van der Waals surface area contributed by atoms with E-state index in [0.717, 1.165) is 0 Å². The normalized spacial score (nSPS) is 11.6. The second-order valence-electron chi connectivity index (χ2n) is 6.86. The zero-order valence-electron chi connectivity index (χ0n) is 17.0. The van der Waals surface area contributed by atoms with Crippen LogP contribution in [0.5, 0.6) is 5.75 Å². The summed E-state index contributed by atoms with van der Waals surface area (Å²) in [6.07, 6.45) is 0.391. The highest BCUT2D eigenvalue weighted by Crippen LogP contribution is 2.15. The van der Waals surface area contributed by atoms with Gasteiger partial charge < -0.3 is 23.9 Å². The van der Waals surface area contributed by atoms with E-state index in [0.29, 0.717) is 17.9 Å². The van der Waals surface area contributed by atoms with Crippen molar-refractivity contribution in [3.8, 4) is 5.75 Å². The summed E-state index contributed by atoms with van der Waals surface area (Å²) in [5, 5.41) is 2.49. The average molecular weight is 421 g/mol. The van der Waals surface area contributed by atoms with E-state index in [9.17, 15) is 18.8 Å². The van der Waals surface area contributed by atoms with Gasteiger partial charge in [-0.05, 0) is 48.7 Å². The van der Waals surface area contributed by atoms with Crippen LogP contribution in [0.4, 0.5) is 4.39 Å². The first-order chi connectivity index (χ1) is 14.3. The summed E-state index contributed by atoms with van der Waals surface area (Å²) < 4.78 is 33.2. The molecule has 9 heteroatoms. The van der Waals surface area contributed by atoms with Gasteiger partial charge >= 0.3 is 11.9 Å². The molecule has 30 heavy (non-hydrogen) atoms. The third kappa shape index (κ3) is 7.23. The number of methoxy groups -OCH3 is 1. The molecule has 1 aromatic heterocycles. The molecule has 0 aliphatic rings. The number of benzene rings is 1. The van der Waals surface area contributed by atoms with E-state index in [2.05, 4.69) is 10.1 Å². The van der Waals surface area contributed by atoms with E-state index in [1.807, 2.05) is 13.8 Å². The molecule has 0 fully saturated rings. The third-order valence-corrected chi connectivity index (χ3v) is 3.92. The van der Waals surface area contributed by atoms with Crippen molar-refractivity contribution < 1.29 is 37.4 Å². The SMILES string of the molecule is COC(=O)C(CC(C)C)NC(=O)COC(=O)c1ccc(COc2ccc(F)cc2)o1. The number of esters is 2. The van der Waals surface area contributed by atoms with Gasteiger partial charge in [0.2, 0.25) is 5.76 Å². The summed E-state index contributed by atoms with van der Waals surface area (Å²) in [6, 6.07) is 7.55. The molecule has 1 N–H and O–H groups in total. The van der Waals surface area contributed by atoms with Crippen molar-refractivity contribution in [1.82, 2.24) is 5.32 Å². The van der Waals surface area contributed by atoms with Gasteiger partial charge in [-0.1, -0.05) is 13.8 Å². The van der Waals surface area contributed by atoms with Crippen molar-refractivity contribution in [2.45, 2.75) is 32.9 Å². The maximum atomic E-state index is 12.9. The molecule has 0 aliphatic carbocycles. The highest BCUT2D eigenvalue weighted by molar-refractivity contribution is 5.90. The van der Waals surface area contributed by atoms with Gasteiger partial charge in [0, 0.05) is 0 Å². The maximum Gasteiger partial charge on any atom is 0.374 e. The minimum atomic E-state index is -0.836. The first-order valence-corrected chi connectivity index (χ1v) is 9.30. The van der Waals surface area contributed by atoms with Crippen molar-refractivity contribution in [2.24, 2.45) is 5.92 Å². The van der Waals surface area contributed by atoms with Crippen LogP contribution in [0, 0.1) is 11.7 Å². The first kappa shape index (κ1) is 22.9. The Kier molecular flexibility index (Phi) is 8.40. The van der Waals surface area contributed by atoms with Crippen LogP contribution in [-0.2, 0) is 25.7 Å². The molecule has 0 bridgehead atoms. The zero-order chi connectivity index (χ0) is 22.1. The summed E-state index contributed by atoms with van der Waals surface area (Å²) in [5.41, 5.74) is 0. The van der Waals surface area contributed by atoms with E-state index in [-0.39, 0.29) is 24.1 Å². The molecule has 8 nitrogen and oxygen atoms in total. The van der Waals surface area contributed by atoms with Gasteiger partial charge in [0.05, 0.1) is 7.11 Å². The van der Waals surface area contributed by atoms with Crippen molar-refractivity contribution in [1.29, 1.82) is 0 Å². The Morgan fingerprint density at radius 1 is 1.10 bits per heavy atom. The lowest BCUT2D eigenvalue weighted by Crippen LogP contribution is -2.44. The fourth-order valence-electron chi connectivity index (χ4n) is 2.52. The molecule has 0 spiro atoms. The van der Waals surface area contributed by atoms with Crippen molar-refractivity contribution >= 4 is 17.8 Å². The minimum Gasteiger partial charge on any atom is -0.486 e. The van der Waals surface area contributed by atoms with Gasteiger partial charge in [0.1, 0.15) is 30.0 Å². The number of halogens is 1. The first-order valence-electron chi connectivity index (χ1n) is 9.30. The molecule has 1 unspecified atom stereocenters. The summed E-state index contributed by atoms with van der Waals surface area (Å²) in [7, 11) is 1.23. The Hall–Kier alpha value is -3.36. The Labute approximate surface area is 173 Å². The van der Waals surface area contributed by atoms with Crippen LogP contribution in [0.1, 0.15) is 36.6 Å². The van der Waals surface area contributed by atoms with Gasteiger partial charge in [-0.3, -0.25) is 4.79 Å². The quantitative estimate of drug-likeness (QED) is 0.588. The third-order valence-electron chi connectivity index (χ3n) is 3.92. The van der Waals surface area contributed by atoms with Gasteiger partial charge in [0.25, 0.3) is 5.91 Å². The van der Waals surface area contributed by atoms with Crippen LogP contribution < -0.4 is 10.1 Å². The molecule has 162 valence electrons. The number of rotatable bonds is 10. The van der Waals surface area contributed by atoms with Gasteiger partial charge in [0.15, 0.2) is 6.61 Å². The van der Waals surface area contributed by atoms with Crippen LogP contribution in [0.3, 0.4) is 0 Å². The summed E-state index contributed by atoms with van der Waals surface area (Å²) in [6.45, 7) is 3.24. The molecule has 1 aromatic carbocycles. The van der Waals surface area contributed by atoms with E-state index in [4.69, 9.17) is 13.9 Å². The molecule has 0 aliphatic heterocycles. The number of nitrogens with one attached hydrogen (secondary N) is 1. The molecule has 0 saturated carbocycles. The monoisotopic (exact) mass is 421 g/mol. The number of furan rings is 1. The predicted molar refractivity (Wildman–Crippen MR) is 103 cm³/mol. The molecule has 1 atom stereocenters. The van der Waals surface area contributed by atoms with Gasteiger partial charge in [-0.15, -0.1) is 0 Å². The second-order valence-corrected chi connectivity index (χ2v) is 6.86. The van der Waals surface area contributed by atoms with E-state index < -0.39 is 30.5 Å². The van der Waals surface area contributed by atoms with Crippen LogP contribution in [-0.4, -0.2) is 37.6 Å². The predicted octanol–water partition coefficient (Wildman–Crippen LogP) is 2.86.